The molecule has 2 rings (SSSR count). The van der Waals surface area contributed by atoms with Crippen molar-refractivity contribution in [2.75, 3.05) is 7.11 Å². The van der Waals surface area contributed by atoms with Crippen LogP contribution in [0.2, 0.25) is 0 Å². The lowest BCUT2D eigenvalue weighted by Gasteiger charge is -2.31. The first-order chi connectivity index (χ1) is 12.3. The van der Waals surface area contributed by atoms with Crippen LogP contribution in [0.3, 0.4) is 0 Å². The van der Waals surface area contributed by atoms with E-state index in [0.29, 0.717) is 12.8 Å². The first-order valence-corrected chi connectivity index (χ1v) is 10.0. The van der Waals surface area contributed by atoms with Crippen molar-refractivity contribution in [3.63, 3.8) is 0 Å². The predicted molar refractivity (Wildman–Crippen MR) is 96.1 cm³/mol. The smallest absolute Gasteiger partial charge is 0.328 e. The van der Waals surface area contributed by atoms with Crippen LogP contribution in [0, 0.1) is 5.92 Å². The van der Waals surface area contributed by atoms with Gasteiger partial charge in [0.15, 0.2) is 14.6 Å². The van der Waals surface area contributed by atoms with Gasteiger partial charge in [-0.15, -0.1) is 6.58 Å². The van der Waals surface area contributed by atoms with Crippen molar-refractivity contribution < 1.29 is 27.5 Å². The number of methoxy groups -OCH3 is 1. The van der Waals surface area contributed by atoms with E-state index in [1.807, 2.05) is 6.92 Å². The Morgan fingerprint density at radius 3 is 2.54 bits per heavy atom. The third-order valence-electron chi connectivity index (χ3n) is 4.82. The molecule has 0 spiro atoms. The number of sulfone groups is 1. The summed E-state index contributed by atoms with van der Waals surface area (Å²) in [4.78, 5) is 24.9. The summed E-state index contributed by atoms with van der Waals surface area (Å²) in [6.07, 6.45) is 1.53. The van der Waals surface area contributed by atoms with E-state index in [-0.39, 0.29) is 17.7 Å². The van der Waals surface area contributed by atoms with Crippen LogP contribution >= 0.6 is 0 Å². The number of hydrogen-bond donors (Lipinski definition) is 0. The molecule has 0 amide bonds. The fourth-order valence-corrected chi connectivity index (χ4v) is 5.73. The molecule has 0 N–H and O–H groups in total. The van der Waals surface area contributed by atoms with E-state index in [1.165, 1.54) is 25.3 Å². The van der Waals surface area contributed by atoms with Crippen molar-refractivity contribution in [2.45, 2.75) is 48.4 Å². The Bertz CT molecular complexity index is 770. The molecule has 0 unspecified atom stereocenters. The average Bonchev–Trinajstić information content (AvgIpc) is 2.89. The van der Waals surface area contributed by atoms with Gasteiger partial charge in [-0.1, -0.05) is 37.6 Å². The minimum Gasteiger partial charge on any atom is -0.469 e. The number of carbonyl (C=O) groups is 2. The lowest BCUT2D eigenvalue weighted by molar-refractivity contribution is -0.144. The third kappa shape index (κ3) is 3.28. The molecule has 0 bridgehead atoms. The summed E-state index contributed by atoms with van der Waals surface area (Å²) in [5.74, 6) is -2.25. The van der Waals surface area contributed by atoms with Gasteiger partial charge in [-0.3, -0.25) is 9.59 Å². The molecule has 0 saturated carbocycles. The third-order valence-corrected chi connectivity index (χ3v) is 7.31. The fraction of sp³-hybridized carbons (Fsp3) is 0.474. The summed E-state index contributed by atoms with van der Waals surface area (Å²) < 4.78 is 35.3. The van der Waals surface area contributed by atoms with E-state index in [1.54, 1.807) is 18.2 Å². The predicted octanol–water partition coefficient (Wildman–Crippen LogP) is 2.68. The standard InChI is InChI=1S/C19H24O6S/c1-4-9-16-15(13-17(20)24-3)19(12-5-2,18(21)25-16)26(22,23)14-10-7-6-8-11-14/h5-8,10-11,15-16H,2,4,9,12-13H2,1,3H3/t15-,16-,19+/m1/s1. The van der Waals surface area contributed by atoms with Crippen LogP contribution in [0.5, 0.6) is 0 Å². The van der Waals surface area contributed by atoms with Gasteiger partial charge in [0.05, 0.1) is 18.4 Å². The van der Waals surface area contributed by atoms with Gasteiger partial charge in [0.1, 0.15) is 6.10 Å². The van der Waals surface area contributed by atoms with Crippen LogP contribution in [-0.2, 0) is 28.9 Å². The van der Waals surface area contributed by atoms with Gasteiger partial charge in [0, 0.05) is 5.92 Å². The normalized spacial score (nSPS) is 25.5. The van der Waals surface area contributed by atoms with E-state index < -0.39 is 38.5 Å². The molecule has 3 atom stereocenters. The van der Waals surface area contributed by atoms with Crippen molar-refractivity contribution in [3.05, 3.63) is 43.0 Å². The Morgan fingerprint density at radius 2 is 2.00 bits per heavy atom. The van der Waals surface area contributed by atoms with Crippen molar-refractivity contribution in [3.8, 4) is 0 Å². The summed E-state index contributed by atoms with van der Waals surface area (Å²) in [6, 6.07) is 7.75. The van der Waals surface area contributed by atoms with Gasteiger partial charge in [-0.25, -0.2) is 8.42 Å². The average molecular weight is 380 g/mol. The number of rotatable bonds is 8. The van der Waals surface area contributed by atoms with Crippen LogP contribution in [0.4, 0.5) is 0 Å². The molecule has 142 valence electrons. The molecule has 1 aromatic carbocycles. The molecule has 1 aliphatic heterocycles. The number of allylic oxidation sites excluding steroid dienone is 1. The van der Waals surface area contributed by atoms with Gasteiger partial charge in [-0.05, 0) is 25.0 Å². The molecular formula is C19H24O6S. The molecule has 7 heteroatoms. The largest absolute Gasteiger partial charge is 0.469 e. The highest BCUT2D eigenvalue weighted by Crippen LogP contribution is 2.47. The highest BCUT2D eigenvalue weighted by atomic mass is 32.2. The Morgan fingerprint density at radius 1 is 1.35 bits per heavy atom. The van der Waals surface area contributed by atoms with Gasteiger partial charge >= 0.3 is 11.9 Å². The van der Waals surface area contributed by atoms with E-state index in [4.69, 9.17) is 9.47 Å². The monoisotopic (exact) mass is 380 g/mol. The molecule has 26 heavy (non-hydrogen) atoms. The number of cyclic esters (lactones) is 1. The van der Waals surface area contributed by atoms with Crippen LogP contribution in [-0.4, -0.2) is 38.3 Å². The Hall–Kier alpha value is -2.15. The highest BCUT2D eigenvalue weighted by molar-refractivity contribution is 7.93. The number of hydrogen-bond acceptors (Lipinski definition) is 6. The number of ether oxygens (including phenoxy) is 2. The maximum Gasteiger partial charge on any atom is 0.328 e. The molecular weight excluding hydrogens is 356 g/mol. The summed E-state index contributed by atoms with van der Waals surface area (Å²) >= 11 is 0. The SMILES string of the molecule is C=CC[C@@]1(S(=O)(=O)c2ccccc2)C(=O)O[C@H](CCC)[C@H]1CC(=O)OC. The number of benzene rings is 1. The Labute approximate surface area is 154 Å². The lowest BCUT2D eigenvalue weighted by atomic mass is 9.83. The van der Waals surface area contributed by atoms with Crippen molar-refractivity contribution in [1.82, 2.24) is 0 Å². The van der Waals surface area contributed by atoms with E-state index in [0.717, 1.165) is 0 Å². The van der Waals surface area contributed by atoms with Crippen LogP contribution in [0.25, 0.3) is 0 Å². The topological polar surface area (TPSA) is 86.7 Å². The lowest BCUT2D eigenvalue weighted by Crippen LogP contribution is -2.50. The first-order valence-electron chi connectivity index (χ1n) is 8.53. The van der Waals surface area contributed by atoms with Gasteiger partial charge < -0.3 is 9.47 Å². The summed E-state index contributed by atoms with van der Waals surface area (Å²) in [6.45, 7) is 5.53. The van der Waals surface area contributed by atoms with Crippen LogP contribution in [0.15, 0.2) is 47.9 Å². The van der Waals surface area contributed by atoms with Crippen LogP contribution < -0.4 is 0 Å². The van der Waals surface area contributed by atoms with E-state index >= 15 is 0 Å². The maximum atomic E-state index is 13.5. The maximum absolute atomic E-state index is 13.5. The number of carbonyl (C=O) groups excluding carboxylic acids is 2. The van der Waals surface area contributed by atoms with Crippen molar-refractivity contribution >= 4 is 21.8 Å². The van der Waals surface area contributed by atoms with Gasteiger partial charge in [0.2, 0.25) is 0 Å². The molecule has 1 heterocycles. The zero-order chi connectivity index (χ0) is 19.4. The zero-order valence-corrected chi connectivity index (χ0v) is 15.8. The molecule has 0 aliphatic carbocycles. The highest BCUT2D eigenvalue weighted by Gasteiger charge is 2.65. The van der Waals surface area contributed by atoms with Gasteiger partial charge in [0.25, 0.3) is 0 Å². The second-order valence-corrected chi connectivity index (χ2v) is 8.52. The Kier molecular flexibility index (Phi) is 6.23. The molecule has 1 saturated heterocycles. The molecule has 1 aliphatic rings. The first kappa shape index (κ1) is 20.2. The molecule has 6 nitrogen and oxygen atoms in total. The van der Waals surface area contributed by atoms with Crippen molar-refractivity contribution in [1.29, 1.82) is 0 Å². The molecule has 1 aromatic rings. The zero-order valence-electron chi connectivity index (χ0n) is 15.0. The molecule has 1 fully saturated rings. The second-order valence-electron chi connectivity index (χ2n) is 6.32. The van der Waals surface area contributed by atoms with Crippen LogP contribution in [0.1, 0.15) is 32.6 Å². The Balaban J connectivity index is 2.66. The molecule has 0 radical (unpaired) electrons. The van der Waals surface area contributed by atoms with E-state index in [2.05, 4.69) is 6.58 Å². The number of esters is 2. The summed E-state index contributed by atoms with van der Waals surface area (Å²) in [5, 5.41) is 0. The second kappa shape index (κ2) is 8.03. The van der Waals surface area contributed by atoms with Gasteiger partial charge in [-0.2, -0.15) is 0 Å². The summed E-state index contributed by atoms with van der Waals surface area (Å²) in [5.41, 5.74) is 0. The van der Waals surface area contributed by atoms with E-state index in [9.17, 15) is 18.0 Å². The minimum atomic E-state index is -4.12. The quantitative estimate of drug-likeness (QED) is 0.509. The fourth-order valence-electron chi connectivity index (χ4n) is 3.55. The molecule has 0 aromatic heterocycles. The summed E-state index contributed by atoms with van der Waals surface area (Å²) in [7, 11) is -2.89. The minimum absolute atomic E-state index is 0.0193. The van der Waals surface area contributed by atoms with Crippen molar-refractivity contribution in [2.24, 2.45) is 5.92 Å².